The zero-order valence-electron chi connectivity index (χ0n) is 11.9. The van der Waals surface area contributed by atoms with Crippen LogP contribution in [-0.4, -0.2) is 43.5 Å². The van der Waals surface area contributed by atoms with Crippen LogP contribution in [0.25, 0.3) is 5.76 Å². The van der Waals surface area contributed by atoms with Crippen molar-refractivity contribution in [1.82, 2.24) is 0 Å². The Labute approximate surface area is 122 Å². The van der Waals surface area contributed by atoms with E-state index in [1.54, 1.807) is 37.3 Å². The van der Waals surface area contributed by atoms with E-state index in [2.05, 4.69) is 9.73 Å². The van der Waals surface area contributed by atoms with Crippen molar-refractivity contribution in [3.63, 3.8) is 0 Å². The second-order valence-corrected chi connectivity index (χ2v) is 3.89. The van der Waals surface area contributed by atoms with Gasteiger partial charge in [-0.15, -0.1) is 0 Å². The molecule has 0 aromatic heterocycles. The summed E-state index contributed by atoms with van der Waals surface area (Å²) >= 11 is 0. The first-order valence-electron chi connectivity index (χ1n) is 6.32. The molecule has 0 fully saturated rings. The molecule has 0 saturated carbocycles. The predicted molar refractivity (Wildman–Crippen MR) is 78.0 cm³/mol. The van der Waals surface area contributed by atoms with Crippen molar-refractivity contribution >= 4 is 23.9 Å². The highest BCUT2D eigenvalue weighted by molar-refractivity contribution is 6.15. The summed E-state index contributed by atoms with van der Waals surface area (Å²) in [7, 11) is 1.24. The highest BCUT2D eigenvalue weighted by atomic mass is 16.5. The monoisotopic (exact) mass is 291 g/mol. The van der Waals surface area contributed by atoms with Crippen LogP contribution in [0.1, 0.15) is 12.5 Å². The molecule has 0 amide bonds. The first-order chi connectivity index (χ1) is 10.1. The average molecular weight is 291 g/mol. The van der Waals surface area contributed by atoms with Crippen LogP contribution in [0.2, 0.25) is 0 Å². The summed E-state index contributed by atoms with van der Waals surface area (Å²) in [4.78, 5) is 26.6. The zero-order chi connectivity index (χ0) is 15.7. The molecule has 0 bridgehead atoms. The summed E-state index contributed by atoms with van der Waals surface area (Å²) in [6.07, 6.45) is 1.11. The number of carbonyl (C=O) groups is 2. The Kier molecular flexibility index (Phi) is 6.67. The third-order valence-electron chi connectivity index (χ3n) is 2.47. The van der Waals surface area contributed by atoms with E-state index in [9.17, 15) is 14.7 Å². The zero-order valence-corrected chi connectivity index (χ0v) is 11.9. The molecule has 0 heterocycles. The highest BCUT2D eigenvalue weighted by Gasteiger charge is 2.16. The summed E-state index contributed by atoms with van der Waals surface area (Å²) in [6, 6.07) is 8.51. The standard InChI is InChI=1S/C15H17NO5/c1-3-21-15(19)12(9-16-10-13(17)20-2)14(18)11-7-5-4-6-8-11/h4-9,18H,3,10H2,1-2H3/b14-12+,16-9?. The van der Waals surface area contributed by atoms with Crippen molar-refractivity contribution in [3.05, 3.63) is 41.5 Å². The molecule has 0 unspecified atom stereocenters. The molecule has 1 rings (SSSR count). The Bertz CT molecular complexity index is 548. The molecule has 21 heavy (non-hydrogen) atoms. The van der Waals surface area contributed by atoms with E-state index in [-0.39, 0.29) is 24.5 Å². The van der Waals surface area contributed by atoms with Gasteiger partial charge < -0.3 is 14.6 Å². The number of carbonyl (C=O) groups excluding carboxylic acids is 2. The van der Waals surface area contributed by atoms with Crippen molar-refractivity contribution in [2.75, 3.05) is 20.3 Å². The summed E-state index contributed by atoms with van der Waals surface area (Å²) in [6.45, 7) is 1.57. The van der Waals surface area contributed by atoms with Gasteiger partial charge in [0, 0.05) is 11.8 Å². The third-order valence-corrected chi connectivity index (χ3v) is 2.47. The maximum atomic E-state index is 11.9. The maximum absolute atomic E-state index is 11.9. The van der Waals surface area contributed by atoms with E-state index in [1.807, 2.05) is 0 Å². The summed E-state index contributed by atoms with van der Waals surface area (Å²) < 4.78 is 9.30. The number of hydrogen-bond acceptors (Lipinski definition) is 6. The number of esters is 2. The summed E-state index contributed by atoms with van der Waals surface area (Å²) in [5, 5.41) is 10.2. The van der Waals surface area contributed by atoms with E-state index in [0.29, 0.717) is 5.56 Å². The Morgan fingerprint density at radius 3 is 2.52 bits per heavy atom. The molecule has 1 N–H and O–H groups in total. The van der Waals surface area contributed by atoms with Crippen LogP contribution in [0.15, 0.2) is 40.9 Å². The molecule has 1 aromatic carbocycles. The largest absolute Gasteiger partial charge is 0.506 e. The minimum Gasteiger partial charge on any atom is -0.506 e. The van der Waals surface area contributed by atoms with Gasteiger partial charge in [-0.25, -0.2) is 4.79 Å². The molecule has 6 nitrogen and oxygen atoms in total. The van der Waals surface area contributed by atoms with Crippen molar-refractivity contribution in [2.24, 2.45) is 4.99 Å². The van der Waals surface area contributed by atoms with Crippen molar-refractivity contribution in [1.29, 1.82) is 0 Å². The van der Waals surface area contributed by atoms with E-state index in [1.165, 1.54) is 7.11 Å². The van der Waals surface area contributed by atoms with Crippen LogP contribution < -0.4 is 0 Å². The first kappa shape index (κ1) is 16.4. The SMILES string of the molecule is CCOC(=O)/C(C=NCC(=O)OC)=C(/O)c1ccccc1. The molecule has 0 aliphatic heterocycles. The fourth-order valence-corrected chi connectivity index (χ4v) is 1.45. The number of nitrogens with zero attached hydrogens (tertiary/aromatic N) is 1. The van der Waals surface area contributed by atoms with Gasteiger partial charge in [0.05, 0.1) is 13.7 Å². The van der Waals surface area contributed by atoms with Gasteiger partial charge in [0.15, 0.2) is 0 Å². The smallest absolute Gasteiger partial charge is 0.343 e. The van der Waals surface area contributed by atoms with Gasteiger partial charge in [-0.05, 0) is 6.92 Å². The van der Waals surface area contributed by atoms with Crippen molar-refractivity contribution in [2.45, 2.75) is 6.92 Å². The lowest BCUT2D eigenvalue weighted by Gasteiger charge is -2.06. The number of rotatable bonds is 6. The second-order valence-electron chi connectivity index (χ2n) is 3.89. The van der Waals surface area contributed by atoms with E-state index < -0.39 is 11.9 Å². The van der Waals surface area contributed by atoms with E-state index >= 15 is 0 Å². The van der Waals surface area contributed by atoms with Crippen LogP contribution in [0, 0.1) is 0 Å². The number of benzene rings is 1. The van der Waals surface area contributed by atoms with Gasteiger partial charge in [0.25, 0.3) is 0 Å². The van der Waals surface area contributed by atoms with Crippen LogP contribution in [-0.2, 0) is 19.1 Å². The molecule has 0 spiro atoms. The Morgan fingerprint density at radius 1 is 1.29 bits per heavy atom. The Balaban J connectivity index is 3.07. The molecule has 0 saturated heterocycles. The number of ether oxygens (including phenoxy) is 2. The van der Waals surface area contributed by atoms with Gasteiger partial charge in [-0.2, -0.15) is 0 Å². The molecule has 0 radical (unpaired) electrons. The predicted octanol–water partition coefficient (Wildman–Crippen LogP) is 1.76. The number of aliphatic imine (C=N–C) groups is 1. The Hall–Kier alpha value is -2.63. The molecule has 0 aliphatic rings. The lowest BCUT2D eigenvalue weighted by molar-refractivity contribution is -0.139. The highest BCUT2D eigenvalue weighted by Crippen LogP contribution is 2.15. The number of aliphatic hydroxyl groups is 1. The van der Waals surface area contributed by atoms with Crippen LogP contribution >= 0.6 is 0 Å². The van der Waals surface area contributed by atoms with Gasteiger partial charge in [-0.1, -0.05) is 30.3 Å². The minimum absolute atomic E-state index is 0.119. The van der Waals surface area contributed by atoms with Crippen molar-refractivity contribution in [3.8, 4) is 0 Å². The topological polar surface area (TPSA) is 85.2 Å². The molecule has 6 heteroatoms. The summed E-state index contributed by atoms with van der Waals surface area (Å²) in [5.74, 6) is -1.52. The average Bonchev–Trinajstić information content (AvgIpc) is 2.51. The van der Waals surface area contributed by atoms with E-state index in [0.717, 1.165) is 6.21 Å². The normalized spacial score (nSPS) is 11.9. The fourth-order valence-electron chi connectivity index (χ4n) is 1.45. The molecular weight excluding hydrogens is 274 g/mol. The lowest BCUT2D eigenvalue weighted by Crippen LogP contribution is -2.12. The Morgan fingerprint density at radius 2 is 1.95 bits per heavy atom. The molecular formula is C15H17NO5. The van der Waals surface area contributed by atoms with Crippen LogP contribution in [0.4, 0.5) is 0 Å². The molecule has 0 aliphatic carbocycles. The molecule has 112 valence electrons. The van der Waals surface area contributed by atoms with Crippen LogP contribution in [0.5, 0.6) is 0 Å². The quantitative estimate of drug-likeness (QED) is 0.373. The van der Waals surface area contributed by atoms with Gasteiger partial charge in [0.2, 0.25) is 0 Å². The minimum atomic E-state index is -0.715. The van der Waals surface area contributed by atoms with E-state index in [4.69, 9.17) is 4.74 Å². The molecule has 0 atom stereocenters. The number of aliphatic hydroxyl groups excluding tert-OH is 1. The maximum Gasteiger partial charge on any atom is 0.343 e. The third kappa shape index (κ3) is 5.10. The summed E-state index contributed by atoms with van der Waals surface area (Å²) in [5.41, 5.74) is 0.331. The fraction of sp³-hybridized carbons (Fsp3) is 0.267. The van der Waals surface area contributed by atoms with Crippen molar-refractivity contribution < 1.29 is 24.2 Å². The van der Waals surface area contributed by atoms with Gasteiger partial charge in [0.1, 0.15) is 17.9 Å². The van der Waals surface area contributed by atoms with Crippen LogP contribution in [0.3, 0.4) is 0 Å². The molecule has 1 aromatic rings. The number of methoxy groups -OCH3 is 1. The lowest BCUT2D eigenvalue weighted by atomic mass is 10.1. The first-order valence-corrected chi connectivity index (χ1v) is 6.32. The van der Waals surface area contributed by atoms with Gasteiger partial charge >= 0.3 is 11.9 Å². The number of hydrogen-bond donors (Lipinski definition) is 1. The second kappa shape index (κ2) is 8.52. The van der Waals surface area contributed by atoms with Gasteiger partial charge in [-0.3, -0.25) is 9.79 Å².